The Morgan fingerprint density at radius 1 is 0.750 bits per heavy atom. The first-order valence-electron chi connectivity index (χ1n) is 12.6. The van der Waals surface area contributed by atoms with Gasteiger partial charge in [0.05, 0.1) is 11.4 Å². The molecule has 1 aromatic heterocycles. The average Bonchev–Trinajstić information content (AvgIpc) is 2.93. The molecule has 0 amide bonds. The molecule has 3 aromatic carbocycles. The molecule has 0 spiro atoms. The van der Waals surface area contributed by atoms with Crippen molar-refractivity contribution >= 4 is 23.9 Å². The predicted octanol–water partition coefficient (Wildman–Crippen LogP) is 8.95. The van der Waals surface area contributed by atoms with E-state index in [1.165, 1.54) is 22.3 Å². The summed E-state index contributed by atoms with van der Waals surface area (Å²) in [5, 5.41) is 3.35. The van der Waals surface area contributed by atoms with E-state index in [9.17, 15) is 0 Å². The minimum absolute atomic E-state index is 0.873. The molecule has 0 unspecified atom stereocenters. The molecule has 0 aliphatic rings. The molecule has 1 heterocycles. The summed E-state index contributed by atoms with van der Waals surface area (Å²) in [4.78, 5) is 5.14. The zero-order valence-corrected chi connectivity index (χ0v) is 21.3. The number of rotatable bonds is 10. The number of nitrogens with one attached hydrogen (secondary N) is 1. The molecule has 0 saturated heterocycles. The number of pyridine rings is 1. The second-order valence-electron chi connectivity index (χ2n) is 8.73. The SMILES string of the molecule is C=Cc1c(/C=C\C)nc(-c2ccc(-c3ccc(NCC)cc3)cc2)c(CCc2ccccc2)c1C=C. The molecule has 2 nitrogen and oxygen atoms in total. The lowest BCUT2D eigenvalue weighted by Crippen LogP contribution is -2.05. The van der Waals surface area contributed by atoms with Crippen LogP contribution in [0, 0.1) is 0 Å². The molecule has 0 fully saturated rings. The van der Waals surface area contributed by atoms with Gasteiger partial charge in [-0.05, 0) is 72.7 Å². The Hall–Kier alpha value is -4.17. The fourth-order valence-electron chi connectivity index (χ4n) is 4.62. The van der Waals surface area contributed by atoms with Crippen LogP contribution in [0.3, 0.4) is 0 Å². The largest absolute Gasteiger partial charge is 0.385 e. The van der Waals surface area contributed by atoms with Gasteiger partial charge in [-0.25, -0.2) is 4.98 Å². The molecule has 2 heteroatoms. The summed E-state index contributed by atoms with van der Waals surface area (Å²) >= 11 is 0. The van der Waals surface area contributed by atoms with Crippen LogP contribution in [0.5, 0.6) is 0 Å². The Bertz CT molecular complexity index is 1350. The minimum atomic E-state index is 0.873. The van der Waals surface area contributed by atoms with Gasteiger partial charge in [-0.3, -0.25) is 0 Å². The highest BCUT2D eigenvalue weighted by Gasteiger charge is 2.17. The van der Waals surface area contributed by atoms with E-state index in [4.69, 9.17) is 4.98 Å². The molecule has 180 valence electrons. The third kappa shape index (κ3) is 5.55. The molecule has 0 aliphatic heterocycles. The number of hydrogen-bond donors (Lipinski definition) is 1. The van der Waals surface area contributed by atoms with Gasteiger partial charge in [0.25, 0.3) is 0 Å². The van der Waals surface area contributed by atoms with Crippen molar-refractivity contribution in [1.82, 2.24) is 4.98 Å². The van der Waals surface area contributed by atoms with Gasteiger partial charge in [0.15, 0.2) is 0 Å². The highest BCUT2D eigenvalue weighted by atomic mass is 14.8. The maximum absolute atomic E-state index is 5.14. The van der Waals surface area contributed by atoms with Crippen LogP contribution >= 0.6 is 0 Å². The van der Waals surface area contributed by atoms with Crippen LogP contribution in [-0.2, 0) is 12.8 Å². The molecule has 0 radical (unpaired) electrons. The number of aryl methyl sites for hydroxylation is 1. The summed E-state index contributed by atoms with van der Waals surface area (Å²) in [6, 6.07) is 27.9. The lowest BCUT2D eigenvalue weighted by molar-refractivity contribution is 0.948. The maximum Gasteiger partial charge on any atom is 0.0747 e. The van der Waals surface area contributed by atoms with Crippen LogP contribution in [0.4, 0.5) is 5.69 Å². The van der Waals surface area contributed by atoms with E-state index >= 15 is 0 Å². The first-order valence-corrected chi connectivity index (χ1v) is 12.6. The summed E-state index contributed by atoms with van der Waals surface area (Å²) in [5.41, 5.74) is 11.2. The van der Waals surface area contributed by atoms with E-state index in [1.807, 2.05) is 25.2 Å². The van der Waals surface area contributed by atoms with Crippen LogP contribution in [0.25, 0.3) is 40.6 Å². The summed E-state index contributed by atoms with van der Waals surface area (Å²) < 4.78 is 0. The number of hydrogen-bond acceptors (Lipinski definition) is 2. The molecule has 0 atom stereocenters. The van der Waals surface area contributed by atoms with Gasteiger partial charge in [-0.1, -0.05) is 98.1 Å². The Balaban J connectivity index is 1.77. The van der Waals surface area contributed by atoms with Gasteiger partial charge in [0, 0.05) is 23.4 Å². The van der Waals surface area contributed by atoms with E-state index in [1.54, 1.807) is 0 Å². The van der Waals surface area contributed by atoms with E-state index in [-0.39, 0.29) is 0 Å². The molecule has 36 heavy (non-hydrogen) atoms. The smallest absolute Gasteiger partial charge is 0.0747 e. The van der Waals surface area contributed by atoms with Crippen molar-refractivity contribution in [1.29, 1.82) is 0 Å². The number of benzene rings is 3. The fraction of sp³-hybridized carbons (Fsp3) is 0.147. The van der Waals surface area contributed by atoms with Gasteiger partial charge in [-0.15, -0.1) is 0 Å². The Morgan fingerprint density at radius 3 is 1.94 bits per heavy atom. The molecule has 4 aromatic rings. The topological polar surface area (TPSA) is 24.9 Å². The van der Waals surface area contributed by atoms with Crippen molar-refractivity contribution in [3.63, 3.8) is 0 Å². The predicted molar refractivity (Wildman–Crippen MR) is 158 cm³/mol. The Morgan fingerprint density at radius 2 is 1.36 bits per heavy atom. The van der Waals surface area contributed by atoms with Crippen molar-refractivity contribution in [3.8, 4) is 22.4 Å². The molecular formula is C34H34N2. The highest BCUT2D eigenvalue weighted by molar-refractivity contribution is 5.80. The van der Waals surface area contributed by atoms with Crippen molar-refractivity contribution in [2.24, 2.45) is 0 Å². The molecule has 1 N–H and O–H groups in total. The van der Waals surface area contributed by atoms with Crippen LogP contribution in [-0.4, -0.2) is 11.5 Å². The highest BCUT2D eigenvalue weighted by Crippen LogP contribution is 2.33. The van der Waals surface area contributed by atoms with E-state index < -0.39 is 0 Å². The molecular weight excluding hydrogens is 436 g/mol. The van der Waals surface area contributed by atoms with Crippen LogP contribution in [0.1, 0.15) is 41.8 Å². The molecule has 4 rings (SSSR count). The van der Waals surface area contributed by atoms with Crippen molar-refractivity contribution in [2.75, 3.05) is 11.9 Å². The van der Waals surface area contributed by atoms with Gasteiger partial charge in [0.1, 0.15) is 0 Å². The van der Waals surface area contributed by atoms with Gasteiger partial charge >= 0.3 is 0 Å². The molecule has 0 saturated carbocycles. The molecule has 0 aliphatic carbocycles. The first kappa shape index (κ1) is 24.9. The van der Waals surface area contributed by atoms with Crippen molar-refractivity contribution < 1.29 is 0 Å². The van der Waals surface area contributed by atoms with Crippen LogP contribution in [0.15, 0.2) is 98.1 Å². The number of aromatic nitrogens is 1. The van der Waals surface area contributed by atoms with Gasteiger partial charge in [0.2, 0.25) is 0 Å². The molecule has 0 bridgehead atoms. The normalized spacial score (nSPS) is 10.9. The Labute approximate surface area is 215 Å². The van der Waals surface area contributed by atoms with Gasteiger partial charge in [-0.2, -0.15) is 0 Å². The van der Waals surface area contributed by atoms with E-state index in [0.717, 1.165) is 53.2 Å². The zero-order valence-electron chi connectivity index (χ0n) is 21.3. The van der Waals surface area contributed by atoms with Crippen LogP contribution < -0.4 is 5.32 Å². The lowest BCUT2D eigenvalue weighted by Gasteiger charge is -2.18. The second-order valence-corrected chi connectivity index (χ2v) is 8.73. The zero-order chi connectivity index (χ0) is 25.3. The van der Waals surface area contributed by atoms with Gasteiger partial charge < -0.3 is 5.32 Å². The van der Waals surface area contributed by atoms with E-state index in [2.05, 4.69) is 110 Å². The third-order valence-corrected chi connectivity index (χ3v) is 6.41. The first-order chi connectivity index (χ1) is 17.7. The fourth-order valence-corrected chi connectivity index (χ4v) is 4.62. The Kier molecular flexibility index (Phi) is 8.31. The summed E-state index contributed by atoms with van der Waals surface area (Å²) in [5.74, 6) is 0. The number of nitrogens with zero attached hydrogens (tertiary/aromatic N) is 1. The maximum atomic E-state index is 5.14. The monoisotopic (exact) mass is 470 g/mol. The van der Waals surface area contributed by atoms with Crippen molar-refractivity contribution in [3.05, 3.63) is 126 Å². The standard InChI is InChI=1S/C34H34N2/c1-5-12-33-31(7-3)30(6-2)32(24-15-25-13-10-9-11-14-25)34(36-33)28-18-16-26(17-19-28)27-20-22-29(23-21-27)35-8-4/h5-7,9-14,16-23,35H,2-3,8,15,24H2,1,4H3/b12-5-. The average molecular weight is 471 g/mol. The quantitative estimate of drug-likeness (QED) is 0.250. The van der Waals surface area contributed by atoms with Crippen molar-refractivity contribution in [2.45, 2.75) is 26.7 Å². The summed E-state index contributed by atoms with van der Waals surface area (Å²) in [6.07, 6.45) is 9.74. The van der Waals surface area contributed by atoms with Crippen LogP contribution in [0.2, 0.25) is 0 Å². The third-order valence-electron chi connectivity index (χ3n) is 6.41. The second kappa shape index (κ2) is 12.0. The lowest BCUT2D eigenvalue weighted by atomic mass is 9.90. The van der Waals surface area contributed by atoms with E-state index in [0.29, 0.717) is 0 Å². The minimum Gasteiger partial charge on any atom is -0.385 e. The number of anilines is 1. The summed E-state index contributed by atoms with van der Waals surface area (Å²) in [7, 11) is 0. The summed E-state index contributed by atoms with van der Waals surface area (Å²) in [6.45, 7) is 13.3. The number of allylic oxidation sites excluding steroid dienone is 1.